The van der Waals surface area contributed by atoms with Crippen LogP contribution in [0.3, 0.4) is 0 Å². The lowest BCUT2D eigenvalue weighted by molar-refractivity contribution is -0.149. The van der Waals surface area contributed by atoms with Gasteiger partial charge in [-0.3, -0.25) is 9.59 Å². The highest BCUT2D eigenvalue weighted by molar-refractivity contribution is 7.14. The van der Waals surface area contributed by atoms with E-state index in [1.54, 1.807) is 0 Å². The first-order chi connectivity index (χ1) is 24.0. The number of hydrogen-bond donors (Lipinski definition) is 1. The van der Waals surface area contributed by atoms with Crippen LogP contribution < -0.4 is 4.74 Å². The molecule has 50 heavy (non-hydrogen) atoms. The van der Waals surface area contributed by atoms with Gasteiger partial charge in [-0.25, -0.2) is 14.8 Å². The minimum absolute atomic E-state index is 0.0181. The number of benzene rings is 2. The molecule has 0 unspecified atom stereocenters. The van der Waals surface area contributed by atoms with E-state index >= 15 is 0 Å². The zero-order valence-corrected chi connectivity index (χ0v) is 30.5. The molecule has 0 bridgehead atoms. The van der Waals surface area contributed by atoms with Crippen molar-refractivity contribution in [2.24, 2.45) is 5.92 Å². The molecule has 1 aliphatic heterocycles. The van der Waals surface area contributed by atoms with E-state index in [0.717, 1.165) is 45.9 Å². The fourth-order valence-electron chi connectivity index (χ4n) is 6.32. The fourth-order valence-corrected chi connectivity index (χ4v) is 7.34. The summed E-state index contributed by atoms with van der Waals surface area (Å²) in [6.45, 7) is 9.65. The molecule has 2 aromatic carbocycles. The maximum absolute atomic E-state index is 13.8. The molecule has 1 amide bonds. The largest absolute Gasteiger partial charge is 0.494 e. The zero-order chi connectivity index (χ0) is 35.7. The smallest absolute Gasteiger partial charge is 0.326 e. The number of carboxylic acid groups (broad SMARTS) is 1. The Bertz CT molecular complexity index is 1730. The number of Topliss-reactive ketones (excluding diaryl/α,β-unsaturated/α-hetero) is 1. The molecule has 2 atom stereocenters. The fraction of sp³-hybridized carbons (Fsp3) is 0.439. The van der Waals surface area contributed by atoms with E-state index in [1.807, 2.05) is 73.1 Å². The van der Waals surface area contributed by atoms with Gasteiger partial charge in [0, 0.05) is 47.3 Å². The summed E-state index contributed by atoms with van der Waals surface area (Å²) in [5, 5.41) is 9.75. The number of carbonyl (C=O) groups is 3. The molecular formula is C41H49N3O5S. The number of unbranched alkanes of at least 4 members (excludes halogenated alkanes) is 4. The van der Waals surface area contributed by atoms with E-state index in [0.29, 0.717) is 36.5 Å². The highest BCUT2D eigenvalue weighted by atomic mass is 32.1. The number of hydrogen-bond acceptors (Lipinski definition) is 7. The van der Waals surface area contributed by atoms with Crippen molar-refractivity contribution in [1.82, 2.24) is 14.9 Å². The Balaban J connectivity index is 1.24. The third-order valence-corrected chi connectivity index (χ3v) is 10.8. The van der Waals surface area contributed by atoms with Gasteiger partial charge < -0.3 is 14.7 Å². The van der Waals surface area contributed by atoms with Crippen LogP contribution in [0.5, 0.6) is 5.75 Å². The van der Waals surface area contributed by atoms with Crippen molar-refractivity contribution in [3.63, 3.8) is 0 Å². The number of ether oxygens (including phenoxy) is 1. The van der Waals surface area contributed by atoms with Crippen LogP contribution in [0.25, 0.3) is 22.5 Å². The van der Waals surface area contributed by atoms with E-state index in [-0.39, 0.29) is 23.5 Å². The summed E-state index contributed by atoms with van der Waals surface area (Å²) in [4.78, 5) is 51.7. The number of aromatic nitrogens is 2. The van der Waals surface area contributed by atoms with Gasteiger partial charge in [0.1, 0.15) is 11.8 Å². The number of rotatable bonds is 16. The van der Waals surface area contributed by atoms with Crippen LogP contribution in [-0.2, 0) is 21.4 Å². The second-order valence-electron chi connectivity index (χ2n) is 14.2. The number of thiophene rings is 1. The lowest BCUT2D eigenvalue weighted by atomic mass is 9.91. The highest BCUT2D eigenvalue weighted by Crippen LogP contribution is 2.32. The molecule has 5 rings (SSSR count). The number of nitrogens with zero attached hydrogens (tertiary/aromatic N) is 3. The van der Waals surface area contributed by atoms with Gasteiger partial charge >= 0.3 is 5.97 Å². The summed E-state index contributed by atoms with van der Waals surface area (Å²) in [7, 11) is 0. The van der Waals surface area contributed by atoms with Crippen molar-refractivity contribution in [3.8, 4) is 28.3 Å². The van der Waals surface area contributed by atoms with Crippen molar-refractivity contribution in [2.75, 3.05) is 13.2 Å². The van der Waals surface area contributed by atoms with Gasteiger partial charge in [0.15, 0.2) is 11.6 Å². The van der Waals surface area contributed by atoms with Gasteiger partial charge in [-0.1, -0.05) is 89.8 Å². The molecule has 3 heterocycles. The molecule has 0 radical (unpaired) electrons. The van der Waals surface area contributed by atoms with E-state index in [1.165, 1.54) is 41.9 Å². The van der Waals surface area contributed by atoms with Crippen molar-refractivity contribution in [2.45, 2.75) is 96.9 Å². The van der Waals surface area contributed by atoms with E-state index < -0.39 is 17.9 Å². The van der Waals surface area contributed by atoms with Gasteiger partial charge in [0.25, 0.3) is 0 Å². The number of carboxylic acids is 1. The Morgan fingerprint density at radius 1 is 0.900 bits per heavy atom. The molecular weight excluding hydrogens is 647 g/mol. The minimum atomic E-state index is -1.00. The average Bonchev–Trinajstić information content (AvgIpc) is 3.82. The number of aliphatic carboxylic acids is 1. The van der Waals surface area contributed by atoms with Crippen molar-refractivity contribution in [3.05, 3.63) is 88.4 Å². The first-order valence-electron chi connectivity index (χ1n) is 17.8. The standard InChI is InChI=1S/C41H49N3O5S/c1-5-6-7-8-9-23-49-33-18-16-29(17-19-33)32-26-42-38(43-27-32)30-14-12-28(13-15-30)24-31(39(46)44-22-10-11-34(44)40(47)48)25-35(45)36-20-21-37(50-36)41(2,3)4/h12-21,26-27,31,34H,5-11,22-25H2,1-4H3,(H,47,48)/t31-,34-/m1/s1. The third kappa shape index (κ3) is 9.65. The first-order valence-corrected chi connectivity index (χ1v) is 18.7. The molecule has 4 aromatic rings. The summed E-state index contributed by atoms with van der Waals surface area (Å²) in [6, 6.07) is 18.7. The molecule has 2 aromatic heterocycles. The molecule has 1 saturated heterocycles. The third-order valence-electron chi connectivity index (χ3n) is 9.27. The summed E-state index contributed by atoms with van der Waals surface area (Å²) < 4.78 is 5.90. The number of amides is 1. The molecule has 1 aliphatic rings. The second-order valence-corrected chi connectivity index (χ2v) is 15.3. The Kier molecular flexibility index (Phi) is 12.6. The topological polar surface area (TPSA) is 110 Å². The van der Waals surface area contributed by atoms with Crippen LogP contribution >= 0.6 is 11.3 Å². The van der Waals surface area contributed by atoms with E-state index in [4.69, 9.17) is 4.74 Å². The summed E-state index contributed by atoms with van der Waals surface area (Å²) >= 11 is 1.46. The SMILES string of the molecule is CCCCCCCOc1ccc(-c2cnc(-c3ccc(C[C@H](CC(=O)c4ccc(C(C)(C)C)s4)C(=O)N4CCC[C@@H]4C(=O)O)cc3)nc2)cc1. The molecule has 264 valence electrons. The lowest BCUT2D eigenvalue weighted by Crippen LogP contribution is -2.44. The molecule has 0 aliphatic carbocycles. The molecule has 0 saturated carbocycles. The second kappa shape index (κ2) is 17.0. The minimum Gasteiger partial charge on any atom is -0.494 e. The zero-order valence-electron chi connectivity index (χ0n) is 29.7. The van der Waals surface area contributed by atoms with Gasteiger partial charge in [-0.15, -0.1) is 11.3 Å². The monoisotopic (exact) mass is 695 g/mol. The van der Waals surface area contributed by atoms with Crippen LogP contribution in [0.2, 0.25) is 0 Å². The normalized spacial score (nSPS) is 15.2. The number of carbonyl (C=O) groups excluding carboxylic acids is 2. The van der Waals surface area contributed by atoms with Gasteiger partial charge in [-0.2, -0.15) is 0 Å². The quantitative estimate of drug-likeness (QED) is 0.0920. The Labute approximate surface area is 299 Å². The average molecular weight is 696 g/mol. The summed E-state index contributed by atoms with van der Waals surface area (Å²) in [6.07, 6.45) is 11.1. The van der Waals surface area contributed by atoms with Crippen LogP contribution in [0, 0.1) is 5.92 Å². The van der Waals surface area contributed by atoms with E-state index in [2.05, 4.69) is 37.7 Å². The molecule has 1 fully saturated rings. The number of ketones is 1. The van der Waals surface area contributed by atoms with Crippen LogP contribution in [0.4, 0.5) is 0 Å². The Morgan fingerprint density at radius 3 is 2.22 bits per heavy atom. The van der Waals surface area contributed by atoms with Crippen molar-refractivity contribution >= 4 is 29.0 Å². The summed E-state index contributed by atoms with van der Waals surface area (Å²) in [5.41, 5.74) is 3.55. The lowest BCUT2D eigenvalue weighted by Gasteiger charge is -2.26. The molecule has 9 heteroatoms. The van der Waals surface area contributed by atoms with Gasteiger partial charge in [0.2, 0.25) is 5.91 Å². The molecule has 1 N–H and O–H groups in total. The highest BCUT2D eigenvalue weighted by Gasteiger charge is 2.38. The maximum atomic E-state index is 13.8. The molecule has 8 nitrogen and oxygen atoms in total. The Morgan fingerprint density at radius 2 is 1.58 bits per heavy atom. The van der Waals surface area contributed by atoms with Crippen LogP contribution in [-0.4, -0.2) is 56.8 Å². The molecule has 0 spiro atoms. The van der Waals surface area contributed by atoms with Gasteiger partial charge in [0.05, 0.1) is 11.5 Å². The van der Waals surface area contributed by atoms with Crippen LogP contribution in [0.1, 0.15) is 99.2 Å². The van der Waals surface area contributed by atoms with Gasteiger partial charge in [-0.05, 0) is 66.5 Å². The summed E-state index contributed by atoms with van der Waals surface area (Å²) in [5.74, 6) is -0.607. The first kappa shape index (κ1) is 36.9. The van der Waals surface area contributed by atoms with Crippen molar-refractivity contribution in [1.29, 1.82) is 0 Å². The maximum Gasteiger partial charge on any atom is 0.326 e. The predicted molar refractivity (Wildman–Crippen MR) is 199 cm³/mol. The number of likely N-dealkylation sites (tertiary alicyclic amines) is 1. The van der Waals surface area contributed by atoms with Crippen LogP contribution in [0.15, 0.2) is 73.1 Å². The van der Waals surface area contributed by atoms with Crippen molar-refractivity contribution < 1.29 is 24.2 Å². The Hall–Kier alpha value is -4.37. The predicted octanol–water partition coefficient (Wildman–Crippen LogP) is 9.03. The van der Waals surface area contributed by atoms with E-state index in [9.17, 15) is 19.5 Å².